The van der Waals surface area contributed by atoms with Gasteiger partial charge in [0.15, 0.2) is 0 Å². The zero-order valence-electron chi connectivity index (χ0n) is 19.2. The van der Waals surface area contributed by atoms with Gasteiger partial charge in [0.1, 0.15) is 6.54 Å². The number of nitrogens with zero attached hydrogens (tertiary/aromatic N) is 1. The molecule has 0 radical (unpaired) electrons. The van der Waals surface area contributed by atoms with Crippen molar-refractivity contribution in [3.8, 4) is 0 Å². The van der Waals surface area contributed by atoms with Crippen molar-refractivity contribution in [3.05, 3.63) is 89.5 Å². The van der Waals surface area contributed by atoms with Crippen molar-refractivity contribution in [1.29, 1.82) is 0 Å². The fourth-order valence-corrected chi connectivity index (χ4v) is 5.51. The van der Waals surface area contributed by atoms with E-state index in [1.165, 1.54) is 14.8 Å². The van der Waals surface area contributed by atoms with Gasteiger partial charge in [0.2, 0.25) is 5.91 Å². The molecule has 0 spiro atoms. The number of carbonyl (C=O) groups is 1. The van der Waals surface area contributed by atoms with Crippen LogP contribution in [-0.2, 0) is 14.8 Å². The summed E-state index contributed by atoms with van der Waals surface area (Å²) in [6.07, 6.45) is 0.791. The van der Waals surface area contributed by atoms with Crippen LogP contribution in [0.1, 0.15) is 23.1 Å². The van der Waals surface area contributed by atoms with Crippen molar-refractivity contribution in [2.24, 2.45) is 0 Å². The van der Waals surface area contributed by atoms with Crippen molar-refractivity contribution in [1.82, 2.24) is 5.32 Å². The Morgan fingerprint density at radius 2 is 1.61 bits per heavy atom. The third-order valence-corrected chi connectivity index (χ3v) is 8.22. The molecule has 33 heavy (non-hydrogen) atoms. The molecule has 7 heteroatoms. The van der Waals surface area contributed by atoms with Crippen LogP contribution in [0.3, 0.4) is 0 Å². The van der Waals surface area contributed by atoms with Crippen LogP contribution in [0.5, 0.6) is 0 Å². The highest BCUT2D eigenvalue weighted by Gasteiger charge is 2.27. The van der Waals surface area contributed by atoms with E-state index in [1.54, 1.807) is 54.2 Å². The van der Waals surface area contributed by atoms with Crippen molar-refractivity contribution >= 4 is 33.4 Å². The molecule has 3 rings (SSSR count). The fourth-order valence-electron chi connectivity index (χ4n) is 3.23. The molecule has 0 aliphatic rings. The lowest BCUT2D eigenvalue weighted by molar-refractivity contribution is -0.119. The predicted molar refractivity (Wildman–Crippen MR) is 136 cm³/mol. The van der Waals surface area contributed by atoms with E-state index in [1.807, 2.05) is 19.9 Å². The highest BCUT2D eigenvalue weighted by atomic mass is 32.2. The van der Waals surface area contributed by atoms with Crippen molar-refractivity contribution in [2.45, 2.75) is 37.0 Å². The molecule has 0 saturated carbocycles. The van der Waals surface area contributed by atoms with Crippen LogP contribution in [-0.4, -0.2) is 33.2 Å². The quantitative estimate of drug-likeness (QED) is 0.322. The second kappa shape index (κ2) is 11.4. The molecule has 0 bridgehead atoms. The minimum atomic E-state index is -3.89. The number of hydrogen-bond acceptors (Lipinski definition) is 4. The molecular weight excluding hydrogens is 452 g/mol. The number of thioether (sulfide) groups is 1. The number of carbonyl (C=O) groups excluding carboxylic acids is 1. The summed E-state index contributed by atoms with van der Waals surface area (Å²) in [6, 6.07) is 22.0. The molecule has 0 fully saturated rings. The first-order chi connectivity index (χ1) is 15.8. The SMILES string of the molecule is Cc1ccc(SCCCNC(=O)CN(c2ccc(C)c(C)c2)S(=O)(=O)c2ccccc2)cc1. The highest BCUT2D eigenvalue weighted by Crippen LogP contribution is 2.25. The molecule has 1 N–H and O–H groups in total. The standard InChI is InChI=1S/C26H30N2O3S2/c1-20-10-14-24(15-11-20)32-17-7-16-27-26(29)19-28(23-13-12-21(2)22(3)18-23)33(30,31)25-8-5-4-6-9-25/h4-6,8-15,18H,7,16-17,19H2,1-3H3,(H,27,29). The maximum absolute atomic E-state index is 13.4. The number of sulfonamides is 1. The summed E-state index contributed by atoms with van der Waals surface area (Å²) >= 11 is 1.74. The van der Waals surface area contributed by atoms with Crippen LogP contribution in [0.4, 0.5) is 5.69 Å². The Hall–Kier alpha value is -2.77. The summed E-state index contributed by atoms with van der Waals surface area (Å²) in [4.78, 5) is 14.1. The third kappa shape index (κ3) is 6.85. The van der Waals surface area contributed by atoms with Crippen LogP contribution in [0.15, 0.2) is 82.6 Å². The first-order valence-electron chi connectivity index (χ1n) is 10.9. The van der Waals surface area contributed by atoms with E-state index in [0.717, 1.165) is 23.3 Å². The first kappa shape index (κ1) is 24.9. The van der Waals surface area contributed by atoms with Crippen molar-refractivity contribution < 1.29 is 13.2 Å². The number of anilines is 1. The number of hydrogen-bond donors (Lipinski definition) is 1. The van der Waals surface area contributed by atoms with E-state index in [9.17, 15) is 13.2 Å². The second-order valence-electron chi connectivity index (χ2n) is 7.96. The van der Waals surface area contributed by atoms with Gasteiger partial charge in [0.25, 0.3) is 10.0 Å². The van der Waals surface area contributed by atoms with Crippen LogP contribution in [0, 0.1) is 20.8 Å². The number of benzene rings is 3. The van der Waals surface area contributed by atoms with E-state index in [0.29, 0.717) is 12.2 Å². The maximum atomic E-state index is 13.4. The van der Waals surface area contributed by atoms with Gasteiger partial charge in [-0.05, 0) is 80.5 Å². The van der Waals surface area contributed by atoms with E-state index < -0.39 is 10.0 Å². The molecule has 0 aliphatic carbocycles. The number of amides is 1. The average molecular weight is 483 g/mol. The van der Waals surface area contributed by atoms with Crippen molar-refractivity contribution in [2.75, 3.05) is 23.1 Å². The summed E-state index contributed by atoms with van der Waals surface area (Å²) in [5.74, 6) is 0.542. The molecule has 5 nitrogen and oxygen atoms in total. The van der Waals surface area contributed by atoms with Gasteiger partial charge in [-0.2, -0.15) is 0 Å². The van der Waals surface area contributed by atoms with E-state index in [2.05, 4.69) is 36.5 Å². The predicted octanol–water partition coefficient (Wildman–Crippen LogP) is 5.11. The molecule has 0 aliphatic heterocycles. The molecule has 1 amide bonds. The molecule has 0 saturated heterocycles. The molecule has 174 valence electrons. The van der Waals surface area contributed by atoms with E-state index in [4.69, 9.17) is 0 Å². The lowest BCUT2D eigenvalue weighted by Crippen LogP contribution is -2.41. The first-order valence-corrected chi connectivity index (χ1v) is 13.3. The Labute approximate surface area is 201 Å². The van der Waals surface area contributed by atoms with E-state index in [-0.39, 0.29) is 17.3 Å². The zero-order valence-corrected chi connectivity index (χ0v) is 20.9. The van der Waals surface area contributed by atoms with Gasteiger partial charge in [0.05, 0.1) is 10.6 Å². The summed E-state index contributed by atoms with van der Waals surface area (Å²) in [5.41, 5.74) is 3.73. The summed E-state index contributed by atoms with van der Waals surface area (Å²) < 4.78 is 27.9. The molecule has 3 aromatic carbocycles. The number of aryl methyl sites for hydroxylation is 3. The van der Waals surface area contributed by atoms with Crippen LogP contribution < -0.4 is 9.62 Å². The summed E-state index contributed by atoms with van der Waals surface area (Å²) in [6.45, 7) is 6.17. The summed E-state index contributed by atoms with van der Waals surface area (Å²) in [7, 11) is -3.89. The van der Waals surface area contributed by atoms with Crippen LogP contribution >= 0.6 is 11.8 Å². The number of nitrogens with one attached hydrogen (secondary N) is 1. The smallest absolute Gasteiger partial charge is 0.264 e. The van der Waals surface area contributed by atoms with E-state index >= 15 is 0 Å². The Kier molecular flexibility index (Phi) is 8.58. The van der Waals surface area contributed by atoms with Gasteiger partial charge in [-0.25, -0.2) is 8.42 Å². The fraction of sp³-hybridized carbons (Fsp3) is 0.269. The van der Waals surface area contributed by atoms with Gasteiger partial charge in [0, 0.05) is 11.4 Å². The monoisotopic (exact) mass is 482 g/mol. The Balaban J connectivity index is 1.65. The molecule has 0 atom stereocenters. The van der Waals surface area contributed by atoms with Gasteiger partial charge in [-0.15, -0.1) is 11.8 Å². The average Bonchev–Trinajstić information content (AvgIpc) is 2.81. The maximum Gasteiger partial charge on any atom is 0.264 e. The Morgan fingerprint density at radius 3 is 2.27 bits per heavy atom. The topological polar surface area (TPSA) is 66.5 Å². The van der Waals surface area contributed by atoms with Gasteiger partial charge in [-0.3, -0.25) is 9.10 Å². The third-order valence-electron chi connectivity index (χ3n) is 5.33. The Morgan fingerprint density at radius 1 is 0.909 bits per heavy atom. The minimum Gasteiger partial charge on any atom is -0.354 e. The zero-order chi connectivity index (χ0) is 23.8. The van der Waals surface area contributed by atoms with Gasteiger partial charge < -0.3 is 5.32 Å². The second-order valence-corrected chi connectivity index (χ2v) is 11.0. The molecule has 3 aromatic rings. The van der Waals surface area contributed by atoms with Gasteiger partial charge >= 0.3 is 0 Å². The minimum absolute atomic E-state index is 0.158. The summed E-state index contributed by atoms with van der Waals surface area (Å²) in [5, 5.41) is 2.87. The highest BCUT2D eigenvalue weighted by molar-refractivity contribution is 7.99. The Bertz CT molecular complexity index is 1180. The lowest BCUT2D eigenvalue weighted by Gasteiger charge is -2.25. The van der Waals surface area contributed by atoms with Gasteiger partial charge in [-0.1, -0.05) is 42.0 Å². The molecule has 0 aromatic heterocycles. The molecular formula is C26H30N2O3S2. The number of rotatable bonds is 10. The van der Waals surface area contributed by atoms with Crippen LogP contribution in [0.25, 0.3) is 0 Å². The molecule has 0 heterocycles. The largest absolute Gasteiger partial charge is 0.354 e. The van der Waals surface area contributed by atoms with Crippen molar-refractivity contribution in [3.63, 3.8) is 0 Å². The normalized spacial score (nSPS) is 11.2. The van der Waals surface area contributed by atoms with Crippen LogP contribution in [0.2, 0.25) is 0 Å². The lowest BCUT2D eigenvalue weighted by atomic mass is 10.1. The molecule has 0 unspecified atom stereocenters.